The molecule has 0 spiro atoms. The van der Waals surface area contributed by atoms with E-state index in [2.05, 4.69) is 10.4 Å². The summed E-state index contributed by atoms with van der Waals surface area (Å²) in [5, 5.41) is 15.0. The molecule has 1 aromatic carbocycles. The summed E-state index contributed by atoms with van der Waals surface area (Å²) in [6, 6.07) is 9.48. The van der Waals surface area contributed by atoms with Crippen molar-refractivity contribution in [3.63, 3.8) is 0 Å². The molecule has 102 valence electrons. The normalized spacial score (nSPS) is 11.4. The van der Waals surface area contributed by atoms with Crippen LogP contribution in [0.1, 0.15) is 5.56 Å². The lowest BCUT2D eigenvalue weighted by atomic mass is 10.2. The van der Waals surface area contributed by atoms with Crippen LogP contribution >= 0.6 is 0 Å². The number of aromatic nitrogens is 2. The number of ether oxygens (including phenoxy) is 1. The summed E-state index contributed by atoms with van der Waals surface area (Å²) >= 11 is 0. The molecule has 0 aliphatic rings. The van der Waals surface area contributed by atoms with Crippen LogP contribution < -0.4 is 10.1 Å². The highest BCUT2D eigenvalue weighted by molar-refractivity contribution is 5.92. The van der Waals surface area contributed by atoms with E-state index in [1.165, 1.54) is 29.1 Å². The lowest BCUT2D eigenvalue weighted by Gasteiger charge is -2.12. The summed E-state index contributed by atoms with van der Waals surface area (Å²) in [5.74, 6) is -0.612. The van der Waals surface area contributed by atoms with Crippen molar-refractivity contribution < 1.29 is 13.9 Å². The summed E-state index contributed by atoms with van der Waals surface area (Å²) in [4.78, 5) is 11.6. The van der Waals surface area contributed by atoms with Gasteiger partial charge in [0.15, 0.2) is 0 Å². The number of alkyl halides is 1. The fraction of sp³-hybridized carbons (Fsp3) is 0.154. The third-order valence-electron chi connectivity index (χ3n) is 2.52. The van der Waals surface area contributed by atoms with Crippen molar-refractivity contribution in [1.82, 2.24) is 9.78 Å². The number of nitrogens with zero attached hydrogens (tertiary/aromatic N) is 3. The maximum atomic E-state index is 13.7. The predicted molar refractivity (Wildman–Crippen MR) is 68.5 cm³/mol. The first-order chi connectivity index (χ1) is 9.61. The first kappa shape index (κ1) is 13.5. The Morgan fingerprint density at radius 2 is 2.25 bits per heavy atom. The van der Waals surface area contributed by atoms with Gasteiger partial charge >= 0.3 is 6.36 Å². The highest BCUT2D eigenvalue weighted by atomic mass is 19.1. The topological polar surface area (TPSA) is 79.9 Å². The van der Waals surface area contributed by atoms with E-state index in [4.69, 9.17) is 10.00 Å². The predicted octanol–water partition coefficient (Wildman–Crippen LogP) is 1.60. The van der Waals surface area contributed by atoms with Gasteiger partial charge < -0.3 is 10.1 Å². The number of nitrogens with one attached hydrogen (secondary N) is 1. The number of para-hydroxylation sites is 1. The molecular formula is C13H11FN4O2. The molecule has 7 heteroatoms. The van der Waals surface area contributed by atoms with Crippen LogP contribution in [0.15, 0.2) is 36.5 Å². The number of rotatable bonds is 4. The van der Waals surface area contributed by atoms with Gasteiger partial charge in [0.2, 0.25) is 0 Å². The number of benzene rings is 1. The van der Waals surface area contributed by atoms with Crippen LogP contribution in [0.2, 0.25) is 0 Å². The van der Waals surface area contributed by atoms with E-state index in [1.807, 2.05) is 6.07 Å². The first-order valence-electron chi connectivity index (χ1n) is 5.70. The molecule has 6 nitrogen and oxygen atoms in total. The van der Waals surface area contributed by atoms with Gasteiger partial charge in [0.25, 0.3) is 5.91 Å². The Bertz CT molecular complexity index is 662. The molecule has 0 radical (unpaired) electrons. The quantitative estimate of drug-likeness (QED) is 0.918. The minimum absolute atomic E-state index is 0.0163. The number of carbonyl (C=O) groups excluding carboxylic acids is 1. The lowest BCUT2D eigenvalue weighted by molar-refractivity contribution is -0.129. The monoisotopic (exact) mass is 274 g/mol. The average molecular weight is 274 g/mol. The Balaban J connectivity index is 2.05. The van der Waals surface area contributed by atoms with Crippen molar-refractivity contribution in [2.45, 2.75) is 6.36 Å². The van der Waals surface area contributed by atoms with Gasteiger partial charge in [0.05, 0.1) is 11.8 Å². The number of amides is 1. The Kier molecular flexibility index (Phi) is 3.96. The summed E-state index contributed by atoms with van der Waals surface area (Å²) < 4.78 is 20.0. The molecule has 0 fully saturated rings. The highest BCUT2D eigenvalue weighted by Gasteiger charge is 2.21. The second kappa shape index (κ2) is 5.84. The highest BCUT2D eigenvalue weighted by Crippen LogP contribution is 2.19. The van der Waals surface area contributed by atoms with Crippen molar-refractivity contribution in [2.75, 3.05) is 5.32 Å². The average Bonchev–Trinajstić information content (AvgIpc) is 2.84. The van der Waals surface area contributed by atoms with E-state index < -0.39 is 12.3 Å². The van der Waals surface area contributed by atoms with E-state index in [9.17, 15) is 9.18 Å². The van der Waals surface area contributed by atoms with Crippen molar-refractivity contribution >= 4 is 11.7 Å². The van der Waals surface area contributed by atoms with Gasteiger partial charge in [-0.3, -0.25) is 9.48 Å². The number of halogens is 1. The molecule has 1 atom stereocenters. The number of nitriles is 1. The van der Waals surface area contributed by atoms with Crippen LogP contribution in [0, 0.1) is 11.3 Å². The van der Waals surface area contributed by atoms with E-state index in [-0.39, 0.29) is 11.3 Å². The third kappa shape index (κ3) is 2.92. The van der Waals surface area contributed by atoms with Crippen LogP contribution in [0.25, 0.3) is 0 Å². The van der Waals surface area contributed by atoms with Gasteiger partial charge in [0.1, 0.15) is 17.6 Å². The van der Waals surface area contributed by atoms with Crippen molar-refractivity contribution in [3.05, 3.63) is 42.1 Å². The van der Waals surface area contributed by atoms with Crippen LogP contribution in [0.3, 0.4) is 0 Å². The van der Waals surface area contributed by atoms with Crippen LogP contribution in [0.5, 0.6) is 5.75 Å². The molecule has 0 saturated carbocycles. The van der Waals surface area contributed by atoms with Crippen LogP contribution in [-0.2, 0) is 11.8 Å². The summed E-state index contributed by atoms with van der Waals surface area (Å²) in [5.41, 5.74) is 0.156. The minimum Gasteiger partial charge on any atom is -0.450 e. The molecule has 2 aromatic rings. The van der Waals surface area contributed by atoms with E-state index in [0.29, 0.717) is 5.82 Å². The Hall–Kier alpha value is -2.88. The van der Waals surface area contributed by atoms with E-state index in [0.717, 1.165) is 0 Å². The molecule has 1 amide bonds. The zero-order valence-electron chi connectivity index (χ0n) is 10.6. The SMILES string of the molecule is Cn1nccc1NC(=O)C(F)Oc1ccccc1C#N. The molecule has 20 heavy (non-hydrogen) atoms. The molecule has 0 saturated heterocycles. The Morgan fingerprint density at radius 1 is 1.50 bits per heavy atom. The molecule has 0 bridgehead atoms. The van der Waals surface area contributed by atoms with Gasteiger partial charge in [-0.1, -0.05) is 12.1 Å². The molecule has 1 aromatic heterocycles. The molecule has 1 unspecified atom stereocenters. The largest absolute Gasteiger partial charge is 0.450 e. The second-order valence-corrected chi connectivity index (χ2v) is 3.87. The maximum absolute atomic E-state index is 13.7. The summed E-state index contributed by atoms with van der Waals surface area (Å²) in [7, 11) is 1.61. The number of carbonyl (C=O) groups is 1. The van der Waals surface area contributed by atoms with Gasteiger partial charge in [-0.15, -0.1) is 0 Å². The summed E-state index contributed by atoms with van der Waals surface area (Å²) in [6.45, 7) is 0. The Morgan fingerprint density at radius 3 is 2.90 bits per heavy atom. The van der Waals surface area contributed by atoms with Gasteiger partial charge in [-0.2, -0.15) is 14.8 Å². The number of aryl methyl sites for hydroxylation is 1. The molecule has 1 N–H and O–H groups in total. The molecule has 0 aliphatic carbocycles. The van der Waals surface area contributed by atoms with Gasteiger partial charge in [-0.25, -0.2) is 0 Å². The fourth-order valence-corrected chi connectivity index (χ4v) is 1.51. The standard InChI is InChI=1S/C13H11FN4O2/c1-18-11(6-7-16-18)17-13(19)12(14)20-10-5-3-2-4-9(10)8-15/h2-7,12H,1H3,(H,17,19). The van der Waals surface area contributed by atoms with Gasteiger partial charge in [0, 0.05) is 13.1 Å². The minimum atomic E-state index is -2.22. The van der Waals surface area contributed by atoms with Crippen molar-refractivity contribution in [3.8, 4) is 11.8 Å². The van der Waals surface area contributed by atoms with E-state index >= 15 is 0 Å². The number of hydrogen-bond donors (Lipinski definition) is 1. The van der Waals surface area contributed by atoms with E-state index in [1.54, 1.807) is 19.2 Å². The first-order valence-corrected chi connectivity index (χ1v) is 5.70. The Labute approximate surface area is 114 Å². The summed E-state index contributed by atoms with van der Waals surface area (Å²) in [6.07, 6.45) is -0.756. The second-order valence-electron chi connectivity index (χ2n) is 3.87. The van der Waals surface area contributed by atoms with Crippen molar-refractivity contribution in [1.29, 1.82) is 5.26 Å². The maximum Gasteiger partial charge on any atom is 0.317 e. The molecule has 1 heterocycles. The number of anilines is 1. The third-order valence-corrected chi connectivity index (χ3v) is 2.52. The number of hydrogen-bond acceptors (Lipinski definition) is 4. The fourth-order valence-electron chi connectivity index (χ4n) is 1.51. The van der Waals surface area contributed by atoms with Crippen molar-refractivity contribution in [2.24, 2.45) is 7.05 Å². The smallest absolute Gasteiger partial charge is 0.317 e. The zero-order chi connectivity index (χ0) is 14.5. The lowest BCUT2D eigenvalue weighted by Crippen LogP contribution is -2.30. The van der Waals surface area contributed by atoms with Gasteiger partial charge in [-0.05, 0) is 12.1 Å². The van der Waals surface area contributed by atoms with Crippen LogP contribution in [0.4, 0.5) is 10.2 Å². The zero-order valence-corrected chi connectivity index (χ0v) is 10.6. The molecular weight excluding hydrogens is 263 g/mol. The molecule has 0 aliphatic heterocycles. The van der Waals surface area contributed by atoms with Crippen LogP contribution in [-0.4, -0.2) is 22.0 Å². The molecule has 2 rings (SSSR count).